The zero-order chi connectivity index (χ0) is 13.9. The Labute approximate surface area is 118 Å². The fourth-order valence-electron chi connectivity index (χ4n) is 1.59. The molecule has 1 aromatic rings. The average Bonchev–Trinajstić information content (AvgIpc) is 2.78. The van der Waals surface area contributed by atoms with E-state index < -0.39 is 23.9 Å². The molecule has 1 amide bonds. The number of H-pyrrole nitrogens is 1. The second-order valence-electron chi connectivity index (χ2n) is 3.98. The summed E-state index contributed by atoms with van der Waals surface area (Å²) in [6.07, 6.45) is -4.54. The lowest BCUT2D eigenvalue weighted by molar-refractivity contribution is -0.144. The first-order chi connectivity index (χ1) is 8.95. The van der Waals surface area contributed by atoms with E-state index in [4.69, 9.17) is 4.74 Å². The molecular formula is C9H13ClF3N5O2. The van der Waals surface area contributed by atoms with Crippen LogP contribution in [-0.4, -0.2) is 46.9 Å². The number of rotatable bonds is 3. The molecule has 0 radical (unpaired) electrons. The zero-order valence-corrected chi connectivity index (χ0v) is 11.0. The standard InChI is InChI=1S/C9H12F3N5O2.ClH/c10-9(11,12)7-15-8(17-16-7)14-6(18)3-5-4-19-2-1-13-5;/h5,13H,1-4H2,(H2,14,15,16,17,18);1H. The smallest absolute Gasteiger partial charge is 0.378 e. The van der Waals surface area contributed by atoms with Gasteiger partial charge in [-0.05, 0) is 0 Å². The minimum atomic E-state index is -4.62. The van der Waals surface area contributed by atoms with Gasteiger partial charge < -0.3 is 10.1 Å². The summed E-state index contributed by atoms with van der Waals surface area (Å²) in [5, 5.41) is 10.2. The number of halogens is 4. The Morgan fingerprint density at radius 2 is 2.25 bits per heavy atom. The van der Waals surface area contributed by atoms with Crippen LogP contribution in [0.5, 0.6) is 0 Å². The van der Waals surface area contributed by atoms with E-state index in [1.807, 2.05) is 0 Å². The van der Waals surface area contributed by atoms with E-state index in [1.54, 1.807) is 5.10 Å². The minimum Gasteiger partial charge on any atom is -0.378 e. The molecule has 11 heteroatoms. The number of hydrogen-bond acceptors (Lipinski definition) is 5. The highest BCUT2D eigenvalue weighted by Gasteiger charge is 2.35. The number of carbonyl (C=O) groups excluding carboxylic acids is 1. The van der Waals surface area contributed by atoms with Crippen LogP contribution in [-0.2, 0) is 15.7 Å². The molecular weight excluding hydrogens is 303 g/mol. The van der Waals surface area contributed by atoms with E-state index in [1.165, 1.54) is 0 Å². The number of amides is 1. The Bertz CT molecular complexity index is 447. The Hall–Kier alpha value is -1.39. The van der Waals surface area contributed by atoms with Crippen molar-refractivity contribution in [3.63, 3.8) is 0 Å². The first-order valence-electron chi connectivity index (χ1n) is 5.56. The van der Waals surface area contributed by atoms with Crippen molar-refractivity contribution in [2.24, 2.45) is 0 Å². The van der Waals surface area contributed by atoms with Gasteiger partial charge in [0.25, 0.3) is 0 Å². The molecule has 7 nitrogen and oxygen atoms in total. The van der Waals surface area contributed by atoms with Crippen molar-refractivity contribution in [2.75, 3.05) is 25.1 Å². The number of nitrogens with zero attached hydrogens (tertiary/aromatic N) is 2. The van der Waals surface area contributed by atoms with Gasteiger partial charge in [0.2, 0.25) is 17.7 Å². The molecule has 20 heavy (non-hydrogen) atoms. The molecule has 2 rings (SSSR count). The van der Waals surface area contributed by atoms with E-state index in [2.05, 4.69) is 20.7 Å². The third-order valence-corrected chi connectivity index (χ3v) is 2.44. The molecule has 0 spiro atoms. The van der Waals surface area contributed by atoms with E-state index in [0.29, 0.717) is 19.8 Å². The second kappa shape index (κ2) is 6.86. The van der Waals surface area contributed by atoms with Gasteiger partial charge in [-0.3, -0.25) is 15.2 Å². The number of aromatic amines is 1. The van der Waals surface area contributed by atoms with Gasteiger partial charge in [-0.15, -0.1) is 17.5 Å². The summed E-state index contributed by atoms with van der Waals surface area (Å²) in [4.78, 5) is 14.7. The topological polar surface area (TPSA) is 91.9 Å². The molecule has 3 N–H and O–H groups in total. The molecule has 2 heterocycles. The van der Waals surface area contributed by atoms with Gasteiger partial charge in [0, 0.05) is 19.0 Å². The lowest BCUT2D eigenvalue weighted by Gasteiger charge is -2.22. The van der Waals surface area contributed by atoms with Crippen LogP contribution in [0, 0.1) is 0 Å². The van der Waals surface area contributed by atoms with E-state index in [0.717, 1.165) is 0 Å². The summed E-state index contributed by atoms with van der Waals surface area (Å²) in [5.74, 6) is -2.12. The second-order valence-corrected chi connectivity index (χ2v) is 3.98. The normalized spacial score (nSPS) is 19.2. The van der Waals surface area contributed by atoms with Crippen LogP contribution in [0.1, 0.15) is 12.2 Å². The number of morpholine rings is 1. The number of carbonyl (C=O) groups is 1. The first kappa shape index (κ1) is 16.7. The Balaban J connectivity index is 0.00000200. The molecule has 1 fully saturated rings. The molecule has 0 bridgehead atoms. The molecule has 1 unspecified atom stereocenters. The molecule has 114 valence electrons. The van der Waals surface area contributed by atoms with E-state index >= 15 is 0 Å². The predicted octanol–water partition coefficient (Wildman–Crippen LogP) is 0.562. The molecule has 0 aromatic carbocycles. The number of alkyl halides is 3. The van der Waals surface area contributed by atoms with Crippen LogP contribution in [0.3, 0.4) is 0 Å². The van der Waals surface area contributed by atoms with Crippen LogP contribution < -0.4 is 10.6 Å². The number of nitrogens with one attached hydrogen (secondary N) is 3. The van der Waals surface area contributed by atoms with E-state index in [9.17, 15) is 18.0 Å². The van der Waals surface area contributed by atoms with Crippen molar-refractivity contribution in [3.8, 4) is 0 Å². The summed E-state index contributed by atoms with van der Waals surface area (Å²) < 4.78 is 41.9. The summed E-state index contributed by atoms with van der Waals surface area (Å²) in [6, 6.07) is -0.158. The molecule has 0 saturated carbocycles. The van der Waals surface area contributed by atoms with Gasteiger partial charge >= 0.3 is 6.18 Å². The number of hydrogen-bond donors (Lipinski definition) is 3. The quantitative estimate of drug-likeness (QED) is 0.758. The Kier molecular flexibility index (Phi) is 5.72. The van der Waals surface area contributed by atoms with Gasteiger partial charge in [0.15, 0.2) is 0 Å². The maximum absolute atomic E-state index is 12.2. The van der Waals surface area contributed by atoms with Gasteiger partial charge in [0.05, 0.1) is 13.2 Å². The lowest BCUT2D eigenvalue weighted by atomic mass is 10.2. The van der Waals surface area contributed by atoms with Crippen LogP contribution in [0.4, 0.5) is 19.1 Å². The van der Waals surface area contributed by atoms with Crippen molar-refractivity contribution < 1.29 is 22.7 Å². The monoisotopic (exact) mass is 315 g/mol. The SMILES string of the molecule is Cl.O=C(CC1COCCN1)Nc1n[nH]c(C(F)(F)F)n1. The highest BCUT2D eigenvalue weighted by Crippen LogP contribution is 2.26. The fraction of sp³-hybridized carbons (Fsp3) is 0.667. The number of aromatic nitrogens is 3. The van der Waals surface area contributed by atoms with Gasteiger partial charge in [-0.2, -0.15) is 18.2 Å². The maximum Gasteiger partial charge on any atom is 0.451 e. The van der Waals surface area contributed by atoms with Crippen LogP contribution in [0.2, 0.25) is 0 Å². The van der Waals surface area contributed by atoms with Gasteiger partial charge in [-0.1, -0.05) is 0 Å². The third-order valence-electron chi connectivity index (χ3n) is 2.44. The van der Waals surface area contributed by atoms with Crippen molar-refractivity contribution in [3.05, 3.63) is 5.82 Å². The van der Waals surface area contributed by atoms with Crippen LogP contribution in [0.15, 0.2) is 0 Å². The Morgan fingerprint density at radius 3 is 2.80 bits per heavy atom. The lowest BCUT2D eigenvalue weighted by Crippen LogP contribution is -2.43. The van der Waals surface area contributed by atoms with Crippen LogP contribution in [0.25, 0.3) is 0 Å². The van der Waals surface area contributed by atoms with E-state index in [-0.39, 0.29) is 24.9 Å². The highest BCUT2D eigenvalue weighted by atomic mass is 35.5. The average molecular weight is 316 g/mol. The number of ether oxygens (including phenoxy) is 1. The Morgan fingerprint density at radius 1 is 1.50 bits per heavy atom. The largest absolute Gasteiger partial charge is 0.451 e. The fourth-order valence-corrected chi connectivity index (χ4v) is 1.59. The van der Waals surface area contributed by atoms with Gasteiger partial charge in [0.1, 0.15) is 0 Å². The molecule has 1 atom stereocenters. The van der Waals surface area contributed by atoms with Gasteiger partial charge in [-0.25, -0.2) is 0 Å². The molecule has 1 saturated heterocycles. The van der Waals surface area contributed by atoms with Crippen molar-refractivity contribution in [1.29, 1.82) is 0 Å². The minimum absolute atomic E-state index is 0. The summed E-state index contributed by atoms with van der Waals surface area (Å²) in [6.45, 7) is 1.60. The zero-order valence-electron chi connectivity index (χ0n) is 10.2. The van der Waals surface area contributed by atoms with Crippen molar-refractivity contribution in [1.82, 2.24) is 20.5 Å². The maximum atomic E-state index is 12.2. The molecule has 1 aromatic heterocycles. The van der Waals surface area contributed by atoms with Crippen molar-refractivity contribution >= 4 is 24.3 Å². The molecule has 1 aliphatic rings. The summed E-state index contributed by atoms with van der Waals surface area (Å²) in [7, 11) is 0. The highest BCUT2D eigenvalue weighted by molar-refractivity contribution is 5.89. The molecule has 0 aliphatic carbocycles. The summed E-state index contributed by atoms with van der Waals surface area (Å²) in [5.41, 5.74) is 0. The predicted molar refractivity (Wildman–Crippen MR) is 64.5 cm³/mol. The third kappa shape index (κ3) is 4.62. The molecule has 1 aliphatic heterocycles. The summed E-state index contributed by atoms with van der Waals surface area (Å²) >= 11 is 0. The first-order valence-corrected chi connectivity index (χ1v) is 5.56. The number of anilines is 1. The van der Waals surface area contributed by atoms with Crippen LogP contribution >= 0.6 is 12.4 Å². The van der Waals surface area contributed by atoms with Crippen molar-refractivity contribution in [2.45, 2.75) is 18.6 Å².